The van der Waals surface area contributed by atoms with Gasteiger partial charge in [0.1, 0.15) is 36.6 Å². The van der Waals surface area contributed by atoms with Crippen molar-refractivity contribution in [3.8, 4) is 0 Å². The number of aliphatic hydroxyl groups excluding tert-OH is 3. The molecule has 0 aromatic rings. The predicted molar refractivity (Wildman–Crippen MR) is 90.4 cm³/mol. The zero-order valence-electron chi connectivity index (χ0n) is 15.4. The SMILES string of the molecule is CCCCCCCCO[C@H]1O[C@H](CO)[C@@H](O[C@H]2O[C@H](CO)[C@H]3O[C@H]23)[C@@H]1O. The summed E-state index contributed by atoms with van der Waals surface area (Å²) >= 11 is 0. The van der Waals surface area contributed by atoms with Crippen LogP contribution in [-0.4, -0.2) is 84.3 Å². The molecule has 3 saturated heterocycles. The van der Waals surface area contributed by atoms with Crippen molar-refractivity contribution in [1.82, 2.24) is 0 Å². The van der Waals surface area contributed by atoms with Crippen LogP contribution < -0.4 is 0 Å². The summed E-state index contributed by atoms with van der Waals surface area (Å²) in [4.78, 5) is 0. The van der Waals surface area contributed by atoms with Gasteiger partial charge in [-0.2, -0.15) is 0 Å². The molecule has 8 nitrogen and oxygen atoms in total. The summed E-state index contributed by atoms with van der Waals surface area (Å²) < 4.78 is 28.0. The number of fused-ring (bicyclic) bond motifs is 1. The Kier molecular flexibility index (Phi) is 7.65. The molecule has 3 aliphatic rings. The van der Waals surface area contributed by atoms with Crippen LogP contribution in [0.5, 0.6) is 0 Å². The lowest BCUT2D eigenvalue weighted by molar-refractivity contribution is -0.220. The minimum atomic E-state index is -1.01. The molecular weight excluding hydrogens is 344 g/mol. The quantitative estimate of drug-likeness (QED) is 0.330. The Balaban J connectivity index is 1.40. The molecule has 0 radical (unpaired) electrons. The smallest absolute Gasteiger partial charge is 0.187 e. The first-order chi connectivity index (χ1) is 12.7. The van der Waals surface area contributed by atoms with E-state index in [1.54, 1.807) is 0 Å². The average molecular weight is 376 g/mol. The molecule has 0 unspecified atom stereocenters. The van der Waals surface area contributed by atoms with Crippen molar-refractivity contribution in [2.45, 2.75) is 94.7 Å². The van der Waals surface area contributed by atoms with E-state index < -0.39 is 37.0 Å². The summed E-state index contributed by atoms with van der Waals surface area (Å²) in [7, 11) is 0. The van der Waals surface area contributed by atoms with Gasteiger partial charge >= 0.3 is 0 Å². The summed E-state index contributed by atoms with van der Waals surface area (Å²) in [5, 5.41) is 29.2. The van der Waals surface area contributed by atoms with E-state index >= 15 is 0 Å². The van der Waals surface area contributed by atoms with Crippen molar-refractivity contribution in [1.29, 1.82) is 0 Å². The summed E-state index contributed by atoms with van der Waals surface area (Å²) in [5.74, 6) is 0. The normalized spacial score (nSPS) is 41.5. The zero-order valence-corrected chi connectivity index (χ0v) is 15.4. The van der Waals surface area contributed by atoms with E-state index in [0.29, 0.717) is 6.61 Å². The van der Waals surface area contributed by atoms with Crippen LogP contribution in [0.3, 0.4) is 0 Å². The standard InChI is InChI=1S/C18H32O8/c1-2-3-4-5-6-7-8-22-17-13(21)14(11(9-19)23-17)26-18-16-15(25-16)12(10-20)24-18/h11-21H,2-10H2,1H3/t11-,12-,13+,14-,15-,16+,17+,18-/m1/s1. The molecular formula is C18H32O8. The van der Waals surface area contributed by atoms with Crippen molar-refractivity contribution in [2.75, 3.05) is 19.8 Å². The molecule has 0 saturated carbocycles. The number of unbranched alkanes of at least 4 members (excludes halogenated alkanes) is 5. The maximum Gasteiger partial charge on any atom is 0.187 e. The maximum absolute atomic E-state index is 10.5. The molecule has 3 fully saturated rings. The van der Waals surface area contributed by atoms with E-state index in [1.807, 2.05) is 0 Å². The molecule has 3 N–H and O–H groups in total. The fraction of sp³-hybridized carbons (Fsp3) is 1.00. The first kappa shape index (κ1) is 20.4. The first-order valence-corrected chi connectivity index (χ1v) is 9.82. The average Bonchev–Trinajstić information content (AvgIpc) is 3.29. The minimum absolute atomic E-state index is 0.141. The second-order valence-electron chi connectivity index (χ2n) is 7.25. The summed E-state index contributed by atoms with van der Waals surface area (Å²) in [5.41, 5.74) is 0. The molecule has 0 aromatic heterocycles. The highest BCUT2D eigenvalue weighted by atomic mass is 16.8. The van der Waals surface area contributed by atoms with Gasteiger partial charge in [-0.25, -0.2) is 0 Å². The molecule has 8 atom stereocenters. The van der Waals surface area contributed by atoms with E-state index in [2.05, 4.69) is 6.92 Å². The Morgan fingerprint density at radius 2 is 1.50 bits per heavy atom. The van der Waals surface area contributed by atoms with Gasteiger partial charge in [0.25, 0.3) is 0 Å². The number of rotatable bonds is 12. The monoisotopic (exact) mass is 376 g/mol. The Morgan fingerprint density at radius 3 is 2.19 bits per heavy atom. The highest BCUT2D eigenvalue weighted by molar-refractivity contribution is 5.01. The van der Waals surface area contributed by atoms with Crippen molar-refractivity contribution in [3.63, 3.8) is 0 Å². The van der Waals surface area contributed by atoms with Crippen molar-refractivity contribution >= 4 is 0 Å². The molecule has 3 aliphatic heterocycles. The first-order valence-electron chi connectivity index (χ1n) is 9.82. The third-order valence-electron chi connectivity index (χ3n) is 5.23. The Morgan fingerprint density at radius 1 is 0.808 bits per heavy atom. The van der Waals surface area contributed by atoms with Gasteiger partial charge in [-0.3, -0.25) is 0 Å². The summed E-state index contributed by atoms with van der Waals surface area (Å²) in [6, 6.07) is 0. The number of aliphatic hydroxyl groups is 3. The van der Waals surface area contributed by atoms with E-state index in [9.17, 15) is 15.3 Å². The van der Waals surface area contributed by atoms with Crippen LogP contribution in [0.4, 0.5) is 0 Å². The topological polar surface area (TPSA) is 110 Å². The van der Waals surface area contributed by atoms with Gasteiger partial charge in [-0.15, -0.1) is 0 Å². The van der Waals surface area contributed by atoms with Crippen molar-refractivity contribution in [2.24, 2.45) is 0 Å². The van der Waals surface area contributed by atoms with Crippen LogP contribution in [0.2, 0.25) is 0 Å². The predicted octanol–water partition coefficient (Wildman–Crippen LogP) is 0.311. The van der Waals surface area contributed by atoms with Crippen molar-refractivity contribution < 1.29 is 39.0 Å². The molecule has 0 bridgehead atoms. The van der Waals surface area contributed by atoms with Crippen LogP contribution in [-0.2, 0) is 23.7 Å². The lowest BCUT2D eigenvalue weighted by atomic mass is 10.1. The third-order valence-corrected chi connectivity index (χ3v) is 5.23. The Labute approximate surface area is 154 Å². The van der Waals surface area contributed by atoms with E-state index in [4.69, 9.17) is 23.7 Å². The second kappa shape index (κ2) is 9.75. The van der Waals surface area contributed by atoms with Crippen LogP contribution in [0.1, 0.15) is 45.4 Å². The minimum Gasteiger partial charge on any atom is -0.394 e. The fourth-order valence-electron chi connectivity index (χ4n) is 3.63. The number of epoxide rings is 1. The molecule has 3 rings (SSSR count). The third kappa shape index (κ3) is 4.74. The van der Waals surface area contributed by atoms with Gasteiger partial charge in [0, 0.05) is 6.61 Å². The number of ether oxygens (including phenoxy) is 5. The van der Waals surface area contributed by atoms with Crippen LogP contribution in [0.25, 0.3) is 0 Å². The van der Waals surface area contributed by atoms with Gasteiger partial charge in [0.15, 0.2) is 12.6 Å². The number of hydrogen-bond donors (Lipinski definition) is 3. The van der Waals surface area contributed by atoms with Gasteiger partial charge in [-0.1, -0.05) is 39.0 Å². The van der Waals surface area contributed by atoms with E-state index in [0.717, 1.165) is 12.8 Å². The van der Waals surface area contributed by atoms with Gasteiger partial charge < -0.3 is 39.0 Å². The highest BCUT2D eigenvalue weighted by Crippen LogP contribution is 2.41. The van der Waals surface area contributed by atoms with E-state index in [1.165, 1.54) is 25.7 Å². The molecule has 0 aromatic carbocycles. The van der Waals surface area contributed by atoms with Crippen molar-refractivity contribution in [3.05, 3.63) is 0 Å². The van der Waals surface area contributed by atoms with Crippen LogP contribution >= 0.6 is 0 Å². The lowest BCUT2D eigenvalue weighted by Crippen LogP contribution is -2.41. The fourth-order valence-corrected chi connectivity index (χ4v) is 3.63. The Bertz CT molecular complexity index is 422. The van der Waals surface area contributed by atoms with Gasteiger partial charge in [0.05, 0.1) is 13.2 Å². The van der Waals surface area contributed by atoms with Gasteiger partial charge in [-0.05, 0) is 6.42 Å². The molecule has 0 spiro atoms. The molecule has 3 heterocycles. The lowest BCUT2D eigenvalue weighted by Gasteiger charge is -2.24. The van der Waals surface area contributed by atoms with Crippen LogP contribution in [0.15, 0.2) is 0 Å². The molecule has 0 aliphatic carbocycles. The zero-order chi connectivity index (χ0) is 18.5. The van der Waals surface area contributed by atoms with E-state index in [-0.39, 0.29) is 25.4 Å². The maximum atomic E-state index is 10.5. The summed E-state index contributed by atoms with van der Waals surface area (Å²) in [6.07, 6.45) is 2.15. The Hall–Kier alpha value is -0.320. The molecule has 26 heavy (non-hydrogen) atoms. The second-order valence-corrected chi connectivity index (χ2v) is 7.25. The summed E-state index contributed by atoms with van der Waals surface area (Å²) in [6.45, 7) is 2.26. The largest absolute Gasteiger partial charge is 0.394 e. The number of hydrogen-bond acceptors (Lipinski definition) is 8. The van der Waals surface area contributed by atoms with Gasteiger partial charge in [0.2, 0.25) is 0 Å². The highest BCUT2D eigenvalue weighted by Gasteiger charge is 2.60. The molecule has 8 heteroatoms. The molecule has 152 valence electrons. The molecule has 0 amide bonds. The van der Waals surface area contributed by atoms with Crippen LogP contribution in [0, 0.1) is 0 Å².